The number of ether oxygens (including phenoxy) is 1. The number of anilines is 2. The molecule has 2 heterocycles. The quantitative estimate of drug-likeness (QED) is 0.790. The minimum Gasteiger partial charge on any atom is -0.439 e. The zero-order valence-corrected chi connectivity index (χ0v) is 11.6. The Balaban J connectivity index is 1.76. The third kappa shape index (κ3) is 3.10. The van der Waals surface area contributed by atoms with Crippen LogP contribution >= 0.6 is 11.3 Å². The van der Waals surface area contributed by atoms with Gasteiger partial charge in [-0.25, -0.2) is 9.97 Å². The van der Waals surface area contributed by atoms with Crippen molar-refractivity contribution in [3.63, 3.8) is 0 Å². The summed E-state index contributed by atoms with van der Waals surface area (Å²) >= 11 is 1.51. The lowest BCUT2D eigenvalue weighted by atomic mass is 10.3. The molecule has 2 aromatic heterocycles. The molecular formula is C14H12N4OS. The summed E-state index contributed by atoms with van der Waals surface area (Å²) < 4.78 is 5.65. The standard InChI is InChI=1S/C14H12N4OS/c1-10-9-20-14(16-10)18-13-15-8-7-12(17-13)19-11-5-3-2-4-6-11/h2-9H,1H3,(H,15,16,17,18). The third-order valence-corrected chi connectivity index (χ3v) is 3.31. The zero-order valence-electron chi connectivity index (χ0n) is 10.8. The van der Waals surface area contributed by atoms with E-state index in [1.807, 2.05) is 42.6 Å². The van der Waals surface area contributed by atoms with Crippen molar-refractivity contribution < 1.29 is 4.74 Å². The fraction of sp³-hybridized carbons (Fsp3) is 0.0714. The van der Waals surface area contributed by atoms with Gasteiger partial charge in [0.05, 0.1) is 5.69 Å². The van der Waals surface area contributed by atoms with Crippen molar-refractivity contribution in [2.24, 2.45) is 0 Å². The Kier molecular flexibility index (Phi) is 3.56. The van der Waals surface area contributed by atoms with Crippen LogP contribution in [0.3, 0.4) is 0 Å². The minimum atomic E-state index is 0.466. The summed E-state index contributed by atoms with van der Waals surface area (Å²) in [5.41, 5.74) is 0.967. The molecule has 0 aliphatic rings. The van der Waals surface area contributed by atoms with Crippen molar-refractivity contribution in [3.8, 4) is 11.6 Å². The van der Waals surface area contributed by atoms with Crippen LogP contribution in [-0.2, 0) is 0 Å². The summed E-state index contributed by atoms with van der Waals surface area (Å²) in [7, 11) is 0. The van der Waals surface area contributed by atoms with Gasteiger partial charge in [0.2, 0.25) is 11.8 Å². The van der Waals surface area contributed by atoms with E-state index in [0.717, 1.165) is 16.6 Å². The zero-order chi connectivity index (χ0) is 13.8. The van der Waals surface area contributed by atoms with E-state index < -0.39 is 0 Å². The molecule has 100 valence electrons. The van der Waals surface area contributed by atoms with Gasteiger partial charge in [-0.15, -0.1) is 11.3 Å². The van der Waals surface area contributed by atoms with Crippen LogP contribution in [0.25, 0.3) is 0 Å². The highest BCUT2D eigenvalue weighted by molar-refractivity contribution is 7.13. The number of aryl methyl sites for hydroxylation is 1. The van der Waals surface area contributed by atoms with Crippen molar-refractivity contribution in [1.29, 1.82) is 0 Å². The Hall–Kier alpha value is -2.47. The summed E-state index contributed by atoms with van der Waals surface area (Å²) in [6, 6.07) is 11.2. The second kappa shape index (κ2) is 5.66. The monoisotopic (exact) mass is 284 g/mol. The molecule has 0 saturated heterocycles. The molecule has 1 N–H and O–H groups in total. The van der Waals surface area contributed by atoms with Gasteiger partial charge in [0, 0.05) is 17.6 Å². The molecule has 0 aliphatic heterocycles. The van der Waals surface area contributed by atoms with Gasteiger partial charge in [0.15, 0.2) is 5.13 Å². The van der Waals surface area contributed by atoms with Gasteiger partial charge in [-0.05, 0) is 19.1 Å². The van der Waals surface area contributed by atoms with Crippen molar-refractivity contribution in [3.05, 3.63) is 53.7 Å². The van der Waals surface area contributed by atoms with Crippen LogP contribution in [0.4, 0.5) is 11.1 Å². The fourth-order valence-electron chi connectivity index (χ4n) is 1.58. The number of benzene rings is 1. The van der Waals surface area contributed by atoms with Crippen LogP contribution in [0.5, 0.6) is 11.6 Å². The second-order valence-corrected chi connectivity index (χ2v) is 4.91. The molecule has 0 amide bonds. The first kappa shape index (κ1) is 12.6. The number of nitrogens with zero attached hydrogens (tertiary/aromatic N) is 3. The lowest BCUT2D eigenvalue weighted by Crippen LogP contribution is -1.97. The van der Waals surface area contributed by atoms with Gasteiger partial charge in [0.1, 0.15) is 5.75 Å². The Morgan fingerprint density at radius 3 is 2.70 bits per heavy atom. The highest BCUT2D eigenvalue weighted by Crippen LogP contribution is 2.22. The van der Waals surface area contributed by atoms with E-state index in [2.05, 4.69) is 20.3 Å². The first-order chi connectivity index (χ1) is 9.79. The van der Waals surface area contributed by atoms with Gasteiger partial charge in [-0.2, -0.15) is 4.98 Å². The topological polar surface area (TPSA) is 59.9 Å². The maximum Gasteiger partial charge on any atom is 0.232 e. The molecule has 20 heavy (non-hydrogen) atoms. The van der Waals surface area contributed by atoms with Crippen LogP contribution in [0.15, 0.2) is 48.0 Å². The molecule has 3 aromatic rings. The van der Waals surface area contributed by atoms with Crippen molar-refractivity contribution in [1.82, 2.24) is 15.0 Å². The average Bonchev–Trinajstić information content (AvgIpc) is 2.86. The van der Waals surface area contributed by atoms with Gasteiger partial charge < -0.3 is 4.74 Å². The molecule has 0 bridgehead atoms. The highest BCUT2D eigenvalue weighted by atomic mass is 32.1. The Bertz CT molecular complexity index is 699. The summed E-state index contributed by atoms with van der Waals surface area (Å²) in [5.74, 6) is 1.69. The summed E-state index contributed by atoms with van der Waals surface area (Å²) in [5, 5.41) is 5.78. The Labute approximate surface area is 120 Å². The van der Waals surface area contributed by atoms with Gasteiger partial charge in [0.25, 0.3) is 0 Å². The summed E-state index contributed by atoms with van der Waals surface area (Å²) in [6.45, 7) is 1.94. The molecule has 5 nitrogen and oxygen atoms in total. The molecule has 6 heteroatoms. The molecule has 0 spiro atoms. The molecule has 0 fully saturated rings. The predicted molar refractivity (Wildman–Crippen MR) is 78.7 cm³/mol. The van der Waals surface area contributed by atoms with E-state index in [-0.39, 0.29) is 0 Å². The normalized spacial score (nSPS) is 10.2. The lowest BCUT2D eigenvalue weighted by Gasteiger charge is -2.05. The average molecular weight is 284 g/mol. The molecule has 3 rings (SSSR count). The lowest BCUT2D eigenvalue weighted by molar-refractivity contribution is 0.462. The SMILES string of the molecule is Cc1csc(Nc2nccc(Oc3ccccc3)n2)n1. The molecule has 0 aliphatic carbocycles. The number of rotatable bonds is 4. The summed E-state index contributed by atoms with van der Waals surface area (Å²) in [6.07, 6.45) is 1.65. The van der Waals surface area contributed by atoms with Crippen LogP contribution < -0.4 is 10.1 Å². The molecule has 0 unspecified atom stereocenters. The molecule has 0 radical (unpaired) electrons. The third-order valence-electron chi connectivity index (χ3n) is 2.43. The van der Waals surface area contributed by atoms with Crippen LogP contribution in [0.2, 0.25) is 0 Å². The first-order valence-electron chi connectivity index (χ1n) is 6.05. The van der Waals surface area contributed by atoms with Crippen molar-refractivity contribution in [2.75, 3.05) is 5.32 Å². The minimum absolute atomic E-state index is 0.466. The number of hydrogen-bond donors (Lipinski definition) is 1. The molecular weight excluding hydrogens is 272 g/mol. The van der Waals surface area contributed by atoms with E-state index >= 15 is 0 Å². The van der Waals surface area contributed by atoms with E-state index in [9.17, 15) is 0 Å². The number of aromatic nitrogens is 3. The van der Waals surface area contributed by atoms with Gasteiger partial charge >= 0.3 is 0 Å². The Morgan fingerprint density at radius 1 is 1.10 bits per heavy atom. The number of nitrogens with one attached hydrogen (secondary N) is 1. The van der Waals surface area contributed by atoms with Gasteiger partial charge in [-0.1, -0.05) is 18.2 Å². The van der Waals surface area contributed by atoms with Gasteiger partial charge in [-0.3, -0.25) is 5.32 Å². The van der Waals surface area contributed by atoms with Crippen molar-refractivity contribution >= 4 is 22.4 Å². The number of para-hydroxylation sites is 1. The second-order valence-electron chi connectivity index (χ2n) is 4.05. The smallest absolute Gasteiger partial charge is 0.232 e. The van der Waals surface area contributed by atoms with Crippen LogP contribution in [0, 0.1) is 6.92 Å². The maximum atomic E-state index is 5.65. The van der Waals surface area contributed by atoms with Crippen molar-refractivity contribution in [2.45, 2.75) is 6.92 Å². The van der Waals surface area contributed by atoms with E-state index in [4.69, 9.17) is 4.74 Å². The number of hydrogen-bond acceptors (Lipinski definition) is 6. The maximum absolute atomic E-state index is 5.65. The predicted octanol–water partition coefficient (Wildman–Crippen LogP) is 3.78. The highest BCUT2D eigenvalue weighted by Gasteiger charge is 2.04. The fourth-order valence-corrected chi connectivity index (χ4v) is 2.26. The first-order valence-corrected chi connectivity index (χ1v) is 6.93. The Morgan fingerprint density at radius 2 is 1.95 bits per heavy atom. The molecule has 0 saturated carbocycles. The largest absolute Gasteiger partial charge is 0.439 e. The summed E-state index contributed by atoms with van der Waals surface area (Å²) in [4.78, 5) is 12.8. The van der Waals surface area contributed by atoms with E-state index in [1.165, 1.54) is 11.3 Å². The molecule has 1 aromatic carbocycles. The van der Waals surface area contributed by atoms with Crippen LogP contribution in [0.1, 0.15) is 5.69 Å². The van der Waals surface area contributed by atoms with E-state index in [0.29, 0.717) is 11.8 Å². The van der Waals surface area contributed by atoms with E-state index in [1.54, 1.807) is 12.3 Å². The number of thiazole rings is 1. The molecule has 0 atom stereocenters. The van der Waals surface area contributed by atoms with Crippen LogP contribution in [-0.4, -0.2) is 15.0 Å².